The van der Waals surface area contributed by atoms with Gasteiger partial charge in [0.1, 0.15) is 36.9 Å². The number of aliphatic hydroxyl groups is 2. The van der Waals surface area contributed by atoms with E-state index in [1.807, 2.05) is 27.7 Å². The molecule has 2 N–H and O–H groups in total. The van der Waals surface area contributed by atoms with E-state index in [0.29, 0.717) is 42.5 Å². The molecule has 2 rings (SSSR count). The molecule has 2 aromatic carbocycles. The first-order valence-electron chi connectivity index (χ1n) is 12.7. The van der Waals surface area contributed by atoms with Crippen molar-refractivity contribution < 1.29 is 28.1 Å². The van der Waals surface area contributed by atoms with Gasteiger partial charge >= 0.3 is 0 Å². The van der Waals surface area contributed by atoms with E-state index in [4.69, 9.17) is 9.47 Å². The van der Waals surface area contributed by atoms with Crippen molar-refractivity contribution in [2.75, 3.05) is 52.5 Å². The van der Waals surface area contributed by atoms with Gasteiger partial charge < -0.3 is 29.5 Å². The molecule has 0 fully saturated rings. The topological polar surface area (TPSA) is 99.5 Å². The Hall–Kier alpha value is -0.250. The molecule has 0 bridgehead atoms. The van der Waals surface area contributed by atoms with Crippen LogP contribution in [0.5, 0.6) is 11.5 Å². The van der Waals surface area contributed by atoms with Gasteiger partial charge in [-0.05, 0) is 114 Å². The highest BCUT2D eigenvalue weighted by Crippen LogP contribution is 2.41. The number of ether oxygens (including phenoxy) is 2. The molecule has 2 aromatic rings. The van der Waals surface area contributed by atoms with Gasteiger partial charge in [0.05, 0.1) is 27.7 Å². The van der Waals surface area contributed by atoms with Crippen LogP contribution in [0.1, 0.15) is 27.7 Å². The van der Waals surface area contributed by atoms with Crippen LogP contribution in [0, 0.1) is 0 Å². The van der Waals surface area contributed by atoms with Crippen LogP contribution in [-0.2, 0) is 9.84 Å². The number of hydrogen-bond acceptors (Lipinski definition) is 8. The molecule has 13 heteroatoms. The second-order valence-corrected chi connectivity index (χ2v) is 14.2. The highest BCUT2D eigenvalue weighted by atomic mass is 79.9. The lowest BCUT2D eigenvalue weighted by Crippen LogP contribution is -2.35. The summed E-state index contributed by atoms with van der Waals surface area (Å²) in [6, 6.07) is 5.90. The van der Waals surface area contributed by atoms with E-state index in [1.54, 1.807) is 0 Å². The van der Waals surface area contributed by atoms with Gasteiger partial charge in [-0.15, -0.1) is 0 Å². The Kier molecular flexibility index (Phi) is 14.7. The summed E-state index contributed by atoms with van der Waals surface area (Å²) in [6.07, 6.45) is -1.39. The Morgan fingerprint density at radius 1 is 0.667 bits per heavy atom. The third-order valence-corrected chi connectivity index (χ3v) is 10.2. The van der Waals surface area contributed by atoms with Gasteiger partial charge in [-0.3, -0.25) is 0 Å². The molecule has 0 saturated carbocycles. The molecule has 0 radical (unpaired) electrons. The molecule has 0 saturated heterocycles. The minimum Gasteiger partial charge on any atom is -0.488 e. The summed E-state index contributed by atoms with van der Waals surface area (Å²) in [5.41, 5.74) is 0. The molecular formula is C26H36Br4N2O6S. The Bertz CT molecular complexity index is 1060. The second kappa shape index (κ2) is 16.4. The fourth-order valence-electron chi connectivity index (χ4n) is 3.82. The number of hydrogen-bond donors (Lipinski definition) is 2. The minimum absolute atomic E-state index is 0.0550. The van der Waals surface area contributed by atoms with Crippen molar-refractivity contribution in [1.29, 1.82) is 0 Å². The molecule has 0 unspecified atom stereocenters. The van der Waals surface area contributed by atoms with E-state index in [1.165, 1.54) is 24.3 Å². The highest BCUT2D eigenvalue weighted by molar-refractivity contribution is 9.11. The van der Waals surface area contributed by atoms with Crippen LogP contribution in [-0.4, -0.2) is 93.1 Å². The van der Waals surface area contributed by atoms with Crippen molar-refractivity contribution in [3.63, 3.8) is 0 Å². The molecule has 39 heavy (non-hydrogen) atoms. The van der Waals surface area contributed by atoms with Crippen molar-refractivity contribution in [2.24, 2.45) is 0 Å². The Labute approximate surface area is 265 Å². The third-order valence-electron chi connectivity index (χ3n) is 6.13. The number of nitrogens with zero attached hydrogens (tertiary/aromatic N) is 2. The number of aliphatic hydroxyl groups excluding tert-OH is 2. The predicted molar refractivity (Wildman–Crippen MR) is 168 cm³/mol. The summed E-state index contributed by atoms with van der Waals surface area (Å²) >= 11 is 13.7. The normalized spacial score (nSPS) is 13.6. The van der Waals surface area contributed by atoms with Gasteiger partial charge in [0.25, 0.3) is 0 Å². The SMILES string of the molecule is CCN(CC)C[C@H](O)COc1c(Br)cc(S(=O)(=O)c2cc(Br)c(OC[C@H](O)CN(CC)CC)c(Br)c2)cc1Br. The first-order valence-corrected chi connectivity index (χ1v) is 17.3. The minimum atomic E-state index is -3.91. The van der Waals surface area contributed by atoms with Crippen molar-refractivity contribution >= 4 is 73.6 Å². The average Bonchev–Trinajstić information content (AvgIpc) is 2.89. The lowest BCUT2D eigenvalue weighted by Gasteiger charge is -2.22. The number of likely N-dealkylation sites (N-methyl/N-ethyl adjacent to an activating group) is 2. The predicted octanol–water partition coefficient (Wildman–Crippen LogP) is 5.73. The van der Waals surface area contributed by atoms with E-state index in [-0.39, 0.29) is 23.0 Å². The Morgan fingerprint density at radius 3 is 1.21 bits per heavy atom. The van der Waals surface area contributed by atoms with Gasteiger partial charge in [-0.1, -0.05) is 27.7 Å². The molecule has 0 aliphatic rings. The average molecular weight is 824 g/mol. The van der Waals surface area contributed by atoms with Crippen LogP contribution < -0.4 is 9.47 Å². The van der Waals surface area contributed by atoms with Crippen LogP contribution in [0.15, 0.2) is 51.9 Å². The van der Waals surface area contributed by atoms with Crippen LogP contribution in [0.4, 0.5) is 0 Å². The molecule has 0 spiro atoms. The lowest BCUT2D eigenvalue weighted by molar-refractivity contribution is 0.0710. The molecule has 0 amide bonds. The standard InChI is InChI=1S/C26H36Br4N2O6S/c1-5-31(6-2)13-17(33)15-37-25-21(27)9-19(10-22(25)28)39(35,36)20-11-23(29)26(24(30)12-20)38-16-18(34)14-32(7-3)8-4/h9-12,17-18,33-34H,5-8,13-16H2,1-4H3/t17-,18+. The maximum atomic E-state index is 13.5. The third kappa shape index (κ3) is 9.92. The molecule has 220 valence electrons. The molecule has 8 nitrogen and oxygen atoms in total. The van der Waals surface area contributed by atoms with E-state index in [9.17, 15) is 18.6 Å². The molecular weight excluding hydrogens is 788 g/mol. The van der Waals surface area contributed by atoms with Gasteiger partial charge in [-0.25, -0.2) is 8.42 Å². The van der Waals surface area contributed by atoms with Crippen LogP contribution in [0.2, 0.25) is 0 Å². The van der Waals surface area contributed by atoms with Crippen molar-refractivity contribution in [2.45, 2.75) is 49.7 Å². The summed E-state index contributed by atoms with van der Waals surface area (Å²) in [5, 5.41) is 20.7. The quantitative estimate of drug-likeness (QED) is 0.222. The zero-order chi connectivity index (χ0) is 29.3. The maximum Gasteiger partial charge on any atom is 0.206 e. The van der Waals surface area contributed by atoms with E-state index in [2.05, 4.69) is 73.5 Å². The zero-order valence-corrected chi connectivity index (χ0v) is 29.6. The van der Waals surface area contributed by atoms with Gasteiger partial charge in [0, 0.05) is 13.1 Å². The maximum absolute atomic E-state index is 13.5. The molecule has 0 aliphatic heterocycles. The van der Waals surface area contributed by atoms with Gasteiger partial charge in [-0.2, -0.15) is 0 Å². The zero-order valence-electron chi connectivity index (χ0n) is 22.5. The van der Waals surface area contributed by atoms with Crippen molar-refractivity contribution in [3.8, 4) is 11.5 Å². The smallest absolute Gasteiger partial charge is 0.206 e. The van der Waals surface area contributed by atoms with Crippen molar-refractivity contribution in [1.82, 2.24) is 9.80 Å². The molecule has 0 aliphatic carbocycles. The summed E-state index contributed by atoms with van der Waals surface area (Å²) in [4.78, 5) is 4.29. The van der Waals surface area contributed by atoms with Crippen LogP contribution >= 0.6 is 63.7 Å². The van der Waals surface area contributed by atoms with E-state index >= 15 is 0 Å². The van der Waals surface area contributed by atoms with Gasteiger partial charge in [0.15, 0.2) is 0 Å². The first kappa shape index (κ1) is 34.9. The summed E-state index contributed by atoms with van der Waals surface area (Å²) in [6.45, 7) is 12.5. The van der Waals surface area contributed by atoms with E-state index < -0.39 is 22.0 Å². The molecule has 2 atom stereocenters. The Morgan fingerprint density at radius 2 is 0.949 bits per heavy atom. The largest absolute Gasteiger partial charge is 0.488 e. The first-order chi connectivity index (χ1) is 18.4. The van der Waals surface area contributed by atoms with Crippen LogP contribution in [0.25, 0.3) is 0 Å². The number of benzene rings is 2. The Balaban J connectivity index is 2.20. The fourth-order valence-corrected chi connectivity index (χ4v) is 8.62. The summed E-state index contributed by atoms with van der Waals surface area (Å²) < 4.78 is 40.4. The molecule has 0 aromatic heterocycles. The summed E-state index contributed by atoms with van der Waals surface area (Å²) in [5.74, 6) is 0.809. The highest BCUT2D eigenvalue weighted by Gasteiger charge is 2.24. The van der Waals surface area contributed by atoms with E-state index in [0.717, 1.165) is 26.2 Å². The lowest BCUT2D eigenvalue weighted by atomic mass is 10.3. The van der Waals surface area contributed by atoms with Gasteiger partial charge in [0.2, 0.25) is 9.84 Å². The van der Waals surface area contributed by atoms with Crippen LogP contribution in [0.3, 0.4) is 0 Å². The second-order valence-electron chi connectivity index (χ2n) is 8.84. The number of halogens is 4. The number of rotatable bonds is 16. The molecule has 0 heterocycles. The summed E-state index contributed by atoms with van der Waals surface area (Å²) in [7, 11) is -3.91. The van der Waals surface area contributed by atoms with Crippen molar-refractivity contribution in [3.05, 3.63) is 42.2 Å². The number of sulfone groups is 1. The fraction of sp³-hybridized carbons (Fsp3) is 0.538. The monoisotopic (exact) mass is 820 g/mol.